The highest BCUT2D eigenvalue weighted by Gasteiger charge is 2.31. The molecule has 0 saturated heterocycles. The van der Waals surface area contributed by atoms with Gasteiger partial charge >= 0.3 is 0 Å². The number of amides is 1. The number of carbonyl (C=O) groups is 1. The summed E-state index contributed by atoms with van der Waals surface area (Å²) in [6, 6.07) is 4.52. The van der Waals surface area contributed by atoms with Crippen LogP contribution in [0, 0.1) is 17.7 Å². The van der Waals surface area contributed by atoms with Gasteiger partial charge in [0.1, 0.15) is 5.82 Å². The average Bonchev–Trinajstić information content (AvgIpc) is 3.26. The first kappa shape index (κ1) is 13.1. The van der Waals surface area contributed by atoms with Gasteiger partial charge in [-0.3, -0.25) is 4.79 Å². The largest absolute Gasteiger partial charge is 0.338 e. The Hall–Kier alpha value is -0.900. The van der Waals surface area contributed by atoms with Gasteiger partial charge in [0.05, 0.1) is 4.47 Å². The third-order valence-corrected chi connectivity index (χ3v) is 4.41. The molecular weight excluding hydrogens is 309 g/mol. The van der Waals surface area contributed by atoms with Gasteiger partial charge in [0.15, 0.2) is 0 Å². The first-order valence-electron chi connectivity index (χ1n) is 6.88. The Bertz CT molecular complexity index is 483. The average molecular weight is 326 g/mol. The molecule has 0 N–H and O–H groups in total. The normalized spacial score (nSPS) is 18.4. The summed E-state index contributed by atoms with van der Waals surface area (Å²) in [5, 5.41) is 0. The van der Waals surface area contributed by atoms with Crippen molar-refractivity contribution in [1.29, 1.82) is 0 Å². The summed E-state index contributed by atoms with van der Waals surface area (Å²) in [4.78, 5) is 14.5. The third kappa shape index (κ3) is 3.35. The Morgan fingerprint density at radius 1 is 1.21 bits per heavy atom. The standard InChI is InChI=1S/C15H17BrFNO/c16-13-7-12(5-6-14(13)17)15(19)18(8-10-1-2-10)9-11-3-4-11/h5-7,10-11H,1-4,8-9H2. The monoisotopic (exact) mass is 325 g/mol. The number of nitrogens with zero attached hydrogens (tertiary/aromatic N) is 1. The van der Waals surface area contributed by atoms with Crippen LogP contribution in [0.2, 0.25) is 0 Å². The zero-order valence-electron chi connectivity index (χ0n) is 10.7. The van der Waals surface area contributed by atoms with E-state index in [1.54, 1.807) is 12.1 Å². The van der Waals surface area contributed by atoms with Crippen molar-refractivity contribution >= 4 is 21.8 Å². The molecule has 1 aromatic carbocycles. The summed E-state index contributed by atoms with van der Waals surface area (Å²) < 4.78 is 13.6. The molecule has 0 atom stereocenters. The van der Waals surface area contributed by atoms with Crippen LogP contribution in [0.5, 0.6) is 0 Å². The van der Waals surface area contributed by atoms with Gasteiger partial charge in [-0.15, -0.1) is 0 Å². The van der Waals surface area contributed by atoms with Crippen molar-refractivity contribution < 1.29 is 9.18 Å². The summed E-state index contributed by atoms with van der Waals surface area (Å²) >= 11 is 3.14. The van der Waals surface area contributed by atoms with Crippen LogP contribution in [0.1, 0.15) is 36.0 Å². The van der Waals surface area contributed by atoms with Gasteiger partial charge in [0, 0.05) is 18.7 Å². The highest BCUT2D eigenvalue weighted by atomic mass is 79.9. The lowest BCUT2D eigenvalue weighted by Gasteiger charge is -2.22. The lowest BCUT2D eigenvalue weighted by molar-refractivity contribution is 0.0739. The van der Waals surface area contributed by atoms with Crippen LogP contribution in [0.25, 0.3) is 0 Å². The maximum atomic E-state index is 13.2. The van der Waals surface area contributed by atoms with E-state index >= 15 is 0 Å². The van der Waals surface area contributed by atoms with Gasteiger partial charge in [0.2, 0.25) is 0 Å². The number of rotatable bonds is 5. The first-order valence-corrected chi connectivity index (χ1v) is 7.67. The van der Waals surface area contributed by atoms with E-state index in [1.165, 1.54) is 31.7 Å². The van der Waals surface area contributed by atoms with E-state index in [-0.39, 0.29) is 11.7 Å². The molecule has 0 heterocycles. The van der Waals surface area contributed by atoms with Crippen LogP contribution in [-0.4, -0.2) is 23.9 Å². The second kappa shape index (κ2) is 5.23. The second-order valence-corrected chi connectivity index (χ2v) is 6.58. The fraction of sp³-hybridized carbons (Fsp3) is 0.533. The molecule has 2 fully saturated rings. The minimum atomic E-state index is -0.326. The molecule has 102 valence electrons. The summed E-state index contributed by atoms with van der Waals surface area (Å²) in [5.41, 5.74) is 0.578. The van der Waals surface area contributed by atoms with E-state index in [9.17, 15) is 9.18 Å². The minimum Gasteiger partial charge on any atom is -0.338 e. The Kier molecular flexibility index (Phi) is 3.61. The molecular formula is C15H17BrFNO. The summed E-state index contributed by atoms with van der Waals surface area (Å²) in [5.74, 6) is 1.09. The predicted molar refractivity (Wildman–Crippen MR) is 75.5 cm³/mol. The number of halogens is 2. The molecule has 1 amide bonds. The molecule has 0 aromatic heterocycles. The van der Waals surface area contributed by atoms with Crippen molar-refractivity contribution in [1.82, 2.24) is 4.90 Å². The Labute approximate surface area is 121 Å². The highest BCUT2D eigenvalue weighted by Crippen LogP contribution is 2.34. The predicted octanol–water partition coefficient (Wildman–Crippen LogP) is 3.85. The van der Waals surface area contributed by atoms with Crippen LogP contribution >= 0.6 is 15.9 Å². The molecule has 0 aliphatic heterocycles. The molecule has 0 spiro atoms. The van der Waals surface area contributed by atoms with Gasteiger partial charge < -0.3 is 4.90 Å². The van der Waals surface area contributed by atoms with Gasteiger partial charge in [0.25, 0.3) is 5.91 Å². The van der Waals surface area contributed by atoms with Gasteiger partial charge in [-0.2, -0.15) is 0 Å². The van der Waals surface area contributed by atoms with E-state index in [4.69, 9.17) is 0 Å². The lowest BCUT2D eigenvalue weighted by Crippen LogP contribution is -2.34. The second-order valence-electron chi connectivity index (χ2n) is 5.73. The van der Waals surface area contributed by atoms with Crippen molar-refractivity contribution in [2.45, 2.75) is 25.7 Å². The van der Waals surface area contributed by atoms with Crippen molar-refractivity contribution in [3.05, 3.63) is 34.1 Å². The van der Waals surface area contributed by atoms with E-state index in [0.717, 1.165) is 13.1 Å². The highest BCUT2D eigenvalue weighted by molar-refractivity contribution is 9.10. The van der Waals surface area contributed by atoms with E-state index < -0.39 is 0 Å². The fourth-order valence-electron chi connectivity index (χ4n) is 2.28. The van der Waals surface area contributed by atoms with Gasteiger partial charge in [-0.25, -0.2) is 4.39 Å². The zero-order chi connectivity index (χ0) is 13.4. The van der Waals surface area contributed by atoms with Gasteiger partial charge in [-0.05, 0) is 71.6 Å². The molecule has 0 radical (unpaired) electrons. The Balaban J connectivity index is 1.74. The summed E-state index contributed by atoms with van der Waals surface area (Å²) in [6.45, 7) is 1.73. The number of hydrogen-bond donors (Lipinski definition) is 0. The van der Waals surface area contributed by atoms with Crippen molar-refractivity contribution in [2.75, 3.05) is 13.1 Å². The van der Waals surface area contributed by atoms with E-state index in [2.05, 4.69) is 15.9 Å². The SMILES string of the molecule is O=C(c1ccc(F)c(Br)c1)N(CC1CC1)CC1CC1. The van der Waals surface area contributed by atoms with Crippen LogP contribution in [0.4, 0.5) is 4.39 Å². The summed E-state index contributed by atoms with van der Waals surface area (Å²) in [6.07, 6.45) is 4.95. The first-order chi connectivity index (χ1) is 9.13. The maximum absolute atomic E-state index is 13.2. The zero-order valence-corrected chi connectivity index (χ0v) is 12.3. The number of carbonyl (C=O) groups excluding carboxylic acids is 1. The fourth-order valence-corrected chi connectivity index (χ4v) is 2.66. The van der Waals surface area contributed by atoms with Crippen LogP contribution in [0.3, 0.4) is 0 Å². The molecule has 1 aromatic rings. The molecule has 2 saturated carbocycles. The molecule has 19 heavy (non-hydrogen) atoms. The number of benzene rings is 1. The minimum absolute atomic E-state index is 0.0412. The Morgan fingerprint density at radius 3 is 2.26 bits per heavy atom. The van der Waals surface area contributed by atoms with Crippen molar-refractivity contribution in [3.8, 4) is 0 Å². The van der Waals surface area contributed by atoms with Crippen LogP contribution in [-0.2, 0) is 0 Å². The molecule has 2 nitrogen and oxygen atoms in total. The molecule has 0 bridgehead atoms. The Morgan fingerprint density at radius 2 is 1.79 bits per heavy atom. The maximum Gasteiger partial charge on any atom is 0.253 e. The van der Waals surface area contributed by atoms with Crippen LogP contribution < -0.4 is 0 Å². The molecule has 3 rings (SSSR count). The van der Waals surface area contributed by atoms with Gasteiger partial charge in [-0.1, -0.05) is 0 Å². The van der Waals surface area contributed by atoms with Crippen molar-refractivity contribution in [2.24, 2.45) is 11.8 Å². The number of hydrogen-bond acceptors (Lipinski definition) is 1. The third-order valence-electron chi connectivity index (χ3n) is 3.80. The molecule has 0 unspecified atom stereocenters. The summed E-state index contributed by atoms with van der Waals surface area (Å²) in [7, 11) is 0. The molecule has 2 aliphatic carbocycles. The molecule has 2 aliphatic rings. The van der Waals surface area contributed by atoms with E-state index in [0.29, 0.717) is 21.9 Å². The lowest BCUT2D eigenvalue weighted by atomic mass is 10.1. The molecule has 4 heteroatoms. The van der Waals surface area contributed by atoms with Crippen LogP contribution in [0.15, 0.2) is 22.7 Å². The van der Waals surface area contributed by atoms with E-state index in [1.807, 2.05) is 4.90 Å². The quantitative estimate of drug-likeness (QED) is 0.805. The van der Waals surface area contributed by atoms with Crippen molar-refractivity contribution in [3.63, 3.8) is 0 Å². The smallest absolute Gasteiger partial charge is 0.253 e. The topological polar surface area (TPSA) is 20.3 Å².